The zero-order valence-electron chi connectivity index (χ0n) is 9.25. The van der Waals surface area contributed by atoms with Crippen LogP contribution in [0.5, 0.6) is 0 Å². The summed E-state index contributed by atoms with van der Waals surface area (Å²) in [4.78, 5) is 21.6. The maximum Gasteiger partial charge on any atom is 0.271 e. The van der Waals surface area contributed by atoms with Gasteiger partial charge in [0, 0.05) is 31.5 Å². The van der Waals surface area contributed by atoms with Gasteiger partial charge in [0.05, 0.1) is 4.92 Å². The van der Waals surface area contributed by atoms with Crippen LogP contribution in [0.15, 0.2) is 24.3 Å². The summed E-state index contributed by atoms with van der Waals surface area (Å²) in [5.41, 5.74) is 5.56. The van der Waals surface area contributed by atoms with Crippen LogP contribution >= 0.6 is 0 Å². The van der Waals surface area contributed by atoms with Gasteiger partial charge in [0.2, 0.25) is 0 Å². The van der Waals surface area contributed by atoms with Gasteiger partial charge in [-0.15, -0.1) is 0 Å². The van der Waals surface area contributed by atoms with E-state index >= 15 is 0 Å². The molecular formula is C10H13N3O4. The number of nitro groups is 1. The number of hydrogen-bond donors (Lipinski definition) is 2. The quantitative estimate of drug-likeness (QED) is 0.574. The monoisotopic (exact) mass is 239 g/mol. The Kier molecular flexibility index (Phi) is 4.56. The molecule has 7 nitrogen and oxygen atoms in total. The van der Waals surface area contributed by atoms with E-state index < -0.39 is 16.9 Å². The fourth-order valence-electron chi connectivity index (χ4n) is 1.23. The summed E-state index contributed by atoms with van der Waals surface area (Å²) in [5, 5.41) is 13.0. The van der Waals surface area contributed by atoms with Crippen LogP contribution in [0, 0.1) is 10.1 Å². The maximum absolute atomic E-state index is 11.6. The van der Waals surface area contributed by atoms with E-state index in [2.05, 4.69) is 5.32 Å². The standard InChI is InChI=1S/C10H13N3O4/c1-17-9(6-11)10(14)12-7-3-2-4-8(5-7)13(15)16/h2-5,9H,6,11H2,1H3,(H,12,14). The van der Waals surface area contributed by atoms with Crippen molar-refractivity contribution in [1.29, 1.82) is 0 Å². The van der Waals surface area contributed by atoms with E-state index in [-0.39, 0.29) is 12.2 Å². The number of nitrogens with one attached hydrogen (secondary N) is 1. The topological polar surface area (TPSA) is 107 Å². The minimum Gasteiger partial charge on any atom is -0.370 e. The van der Waals surface area contributed by atoms with Crippen LogP contribution in [-0.2, 0) is 9.53 Å². The first-order valence-electron chi connectivity index (χ1n) is 4.86. The molecule has 0 aliphatic rings. The Bertz CT molecular complexity index is 418. The SMILES string of the molecule is COC(CN)C(=O)Nc1cccc([N+](=O)[O-])c1. The number of benzene rings is 1. The van der Waals surface area contributed by atoms with E-state index in [1.54, 1.807) is 6.07 Å². The predicted octanol–water partition coefficient (Wildman–Crippen LogP) is 0.507. The summed E-state index contributed by atoms with van der Waals surface area (Å²) in [6.07, 6.45) is -0.769. The summed E-state index contributed by atoms with van der Waals surface area (Å²) >= 11 is 0. The first kappa shape index (κ1) is 13.1. The van der Waals surface area contributed by atoms with Crippen LogP contribution in [0.2, 0.25) is 0 Å². The van der Waals surface area contributed by atoms with E-state index in [1.807, 2.05) is 0 Å². The maximum atomic E-state index is 11.6. The van der Waals surface area contributed by atoms with Gasteiger partial charge in [-0.2, -0.15) is 0 Å². The minimum absolute atomic E-state index is 0.0389. The van der Waals surface area contributed by atoms with Crippen molar-refractivity contribution in [2.75, 3.05) is 19.0 Å². The number of nitrogens with two attached hydrogens (primary N) is 1. The van der Waals surface area contributed by atoms with Crippen molar-refractivity contribution in [3.63, 3.8) is 0 Å². The van der Waals surface area contributed by atoms with Crippen LogP contribution in [0.25, 0.3) is 0 Å². The van der Waals surface area contributed by atoms with Crippen molar-refractivity contribution in [1.82, 2.24) is 0 Å². The molecule has 1 aromatic carbocycles. The number of non-ortho nitro benzene ring substituents is 1. The van der Waals surface area contributed by atoms with Crippen molar-refractivity contribution < 1.29 is 14.5 Å². The van der Waals surface area contributed by atoms with Gasteiger partial charge in [-0.1, -0.05) is 6.07 Å². The Hall–Kier alpha value is -1.99. The fraction of sp³-hybridized carbons (Fsp3) is 0.300. The van der Waals surface area contributed by atoms with Crippen LogP contribution in [0.3, 0.4) is 0 Å². The Morgan fingerprint density at radius 3 is 2.88 bits per heavy atom. The van der Waals surface area contributed by atoms with Gasteiger partial charge in [0.1, 0.15) is 6.10 Å². The third-order valence-electron chi connectivity index (χ3n) is 2.12. The van der Waals surface area contributed by atoms with Crippen molar-refractivity contribution in [2.45, 2.75) is 6.10 Å². The first-order valence-corrected chi connectivity index (χ1v) is 4.86. The zero-order valence-corrected chi connectivity index (χ0v) is 9.25. The highest BCUT2D eigenvalue weighted by Gasteiger charge is 2.16. The molecule has 0 fully saturated rings. The van der Waals surface area contributed by atoms with Gasteiger partial charge in [-0.3, -0.25) is 14.9 Å². The number of nitro benzene ring substituents is 1. The summed E-state index contributed by atoms with van der Waals surface area (Å²) in [6, 6.07) is 5.64. The summed E-state index contributed by atoms with van der Waals surface area (Å²) < 4.78 is 4.84. The molecule has 0 spiro atoms. The molecule has 1 rings (SSSR count). The molecule has 0 radical (unpaired) electrons. The number of nitrogens with zero attached hydrogens (tertiary/aromatic N) is 1. The Morgan fingerprint density at radius 1 is 1.65 bits per heavy atom. The van der Waals surface area contributed by atoms with Crippen LogP contribution in [-0.4, -0.2) is 30.6 Å². The normalized spacial score (nSPS) is 11.9. The van der Waals surface area contributed by atoms with Crippen molar-refractivity contribution in [2.24, 2.45) is 5.73 Å². The first-order chi connectivity index (χ1) is 8.08. The fourth-order valence-corrected chi connectivity index (χ4v) is 1.23. The van der Waals surface area contributed by atoms with Gasteiger partial charge in [0.15, 0.2) is 0 Å². The van der Waals surface area contributed by atoms with Gasteiger partial charge >= 0.3 is 0 Å². The average molecular weight is 239 g/mol. The number of carbonyl (C=O) groups is 1. The third kappa shape index (κ3) is 3.51. The lowest BCUT2D eigenvalue weighted by Crippen LogP contribution is -2.35. The summed E-state index contributed by atoms with van der Waals surface area (Å²) in [7, 11) is 1.37. The van der Waals surface area contributed by atoms with Gasteiger partial charge in [-0.05, 0) is 6.07 Å². The van der Waals surface area contributed by atoms with Crippen LogP contribution in [0.1, 0.15) is 0 Å². The molecule has 3 N–H and O–H groups in total. The molecule has 92 valence electrons. The molecule has 1 aromatic rings. The molecule has 1 atom stereocenters. The molecule has 0 aromatic heterocycles. The number of hydrogen-bond acceptors (Lipinski definition) is 5. The molecule has 0 aliphatic heterocycles. The van der Waals surface area contributed by atoms with E-state index in [0.29, 0.717) is 5.69 Å². The number of rotatable bonds is 5. The van der Waals surface area contributed by atoms with E-state index in [4.69, 9.17) is 10.5 Å². The Balaban J connectivity index is 2.78. The van der Waals surface area contributed by atoms with Crippen molar-refractivity contribution in [3.8, 4) is 0 Å². The van der Waals surface area contributed by atoms with E-state index in [9.17, 15) is 14.9 Å². The predicted molar refractivity (Wildman–Crippen MR) is 61.6 cm³/mol. The Labute approximate surface area is 97.7 Å². The van der Waals surface area contributed by atoms with Crippen molar-refractivity contribution in [3.05, 3.63) is 34.4 Å². The van der Waals surface area contributed by atoms with Gasteiger partial charge < -0.3 is 15.8 Å². The lowest BCUT2D eigenvalue weighted by molar-refractivity contribution is -0.384. The van der Waals surface area contributed by atoms with Crippen LogP contribution in [0.4, 0.5) is 11.4 Å². The highest BCUT2D eigenvalue weighted by atomic mass is 16.6. The van der Waals surface area contributed by atoms with Crippen LogP contribution < -0.4 is 11.1 Å². The lowest BCUT2D eigenvalue weighted by Gasteiger charge is -2.12. The number of carbonyl (C=O) groups excluding carboxylic acids is 1. The summed E-state index contributed by atoms with van der Waals surface area (Å²) in [5.74, 6) is -0.435. The molecule has 0 heterocycles. The zero-order chi connectivity index (χ0) is 12.8. The Morgan fingerprint density at radius 2 is 2.35 bits per heavy atom. The molecule has 0 saturated heterocycles. The molecule has 17 heavy (non-hydrogen) atoms. The van der Waals surface area contributed by atoms with Crippen molar-refractivity contribution >= 4 is 17.3 Å². The molecule has 7 heteroatoms. The second-order valence-corrected chi connectivity index (χ2v) is 3.26. The largest absolute Gasteiger partial charge is 0.370 e. The second-order valence-electron chi connectivity index (χ2n) is 3.26. The van der Waals surface area contributed by atoms with Gasteiger partial charge in [0.25, 0.3) is 11.6 Å². The average Bonchev–Trinajstić information content (AvgIpc) is 2.30. The molecule has 1 amide bonds. The third-order valence-corrected chi connectivity index (χ3v) is 2.12. The number of methoxy groups -OCH3 is 1. The minimum atomic E-state index is -0.769. The number of anilines is 1. The smallest absolute Gasteiger partial charge is 0.271 e. The highest BCUT2D eigenvalue weighted by Crippen LogP contribution is 2.17. The highest BCUT2D eigenvalue weighted by molar-refractivity contribution is 5.94. The second kappa shape index (κ2) is 5.92. The molecule has 0 bridgehead atoms. The molecule has 0 aliphatic carbocycles. The van der Waals surface area contributed by atoms with E-state index in [0.717, 1.165) is 0 Å². The number of ether oxygens (including phenoxy) is 1. The van der Waals surface area contributed by atoms with Gasteiger partial charge in [-0.25, -0.2) is 0 Å². The molecular weight excluding hydrogens is 226 g/mol. The summed E-state index contributed by atoms with van der Waals surface area (Å²) in [6.45, 7) is 0.0389. The lowest BCUT2D eigenvalue weighted by atomic mass is 10.2. The molecule has 1 unspecified atom stereocenters. The van der Waals surface area contributed by atoms with E-state index in [1.165, 1.54) is 25.3 Å². The number of amides is 1. The molecule has 0 saturated carbocycles.